The van der Waals surface area contributed by atoms with E-state index in [1.165, 1.54) is 12.8 Å². The third kappa shape index (κ3) is 3.86. The first kappa shape index (κ1) is 19.5. The van der Waals surface area contributed by atoms with Crippen LogP contribution in [0.15, 0.2) is 36.4 Å². The highest BCUT2D eigenvalue weighted by molar-refractivity contribution is 6.31. The minimum Gasteiger partial charge on any atom is -0.364 e. The highest BCUT2D eigenvalue weighted by atomic mass is 35.5. The fourth-order valence-corrected chi connectivity index (χ4v) is 4.21. The number of hydrogen-bond acceptors (Lipinski definition) is 4. The molecule has 0 spiro atoms. The fourth-order valence-electron chi connectivity index (χ4n) is 4.01. The Labute approximate surface area is 176 Å². The first-order valence-corrected chi connectivity index (χ1v) is 10.4. The van der Waals surface area contributed by atoms with E-state index >= 15 is 0 Å². The van der Waals surface area contributed by atoms with Gasteiger partial charge >= 0.3 is 0 Å². The van der Waals surface area contributed by atoms with Gasteiger partial charge < -0.3 is 10.2 Å². The van der Waals surface area contributed by atoms with Gasteiger partial charge in [-0.1, -0.05) is 42.8 Å². The monoisotopic (exact) mass is 405 g/mol. The van der Waals surface area contributed by atoms with Crippen molar-refractivity contribution in [2.24, 2.45) is 0 Å². The van der Waals surface area contributed by atoms with E-state index in [-0.39, 0.29) is 0 Å². The average Bonchev–Trinajstić information content (AvgIpc) is 3.22. The van der Waals surface area contributed by atoms with Crippen LogP contribution in [-0.4, -0.2) is 22.8 Å². The molecule has 0 aliphatic carbocycles. The third-order valence-corrected chi connectivity index (χ3v) is 6.10. The second-order valence-electron chi connectivity index (χ2n) is 7.55. The van der Waals surface area contributed by atoms with Crippen LogP contribution < -0.4 is 10.2 Å². The van der Waals surface area contributed by atoms with Gasteiger partial charge in [0.15, 0.2) is 17.3 Å². The normalized spacial score (nSPS) is 16.2. The Hall–Kier alpha value is -2.84. The molecule has 2 aromatic carbocycles. The predicted octanol–water partition coefficient (Wildman–Crippen LogP) is 6.13. The van der Waals surface area contributed by atoms with Crippen LogP contribution in [0.1, 0.15) is 37.3 Å². The van der Waals surface area contributed by atoms with Crippen LogP contribution in [0.5, 0.6) is 0 Å². The number of nitrogens with one attached hydrogen (secondary N) is 1. The van der Waals surface area contributed by atoms with E-state index in [4.69, 9.17) is 18.2 Å². The average molecular weight is 406 g/mol. The lowest BCUT2D eigenvalue weighted by atomic mass is 10.1. The molecule has 1 fully saturated rings. The molecule has 1 aliphatic heterocycles. The highest BCUT2D eigenvalue weighted by Crippen LogP contribution is 2.35. The number of aromatic nitrogens is 2. The lowest BCUT2D eigenvalue weighted by molar-refractivity contribution is 0.639. The van der Waals surface area contributed by atoms with E-state index in [0.29, 0.717) is 24.1 Å². The van der Waals surface area contributed by atoms with Crippen molar-refractivity contribution in [3.8, 4) is 0 Å². The van der Waals surface area contributed by atoms with Crippen molar-refractivity contribution in [1.29, 1.82) is 0 Å². The summed E-state index contributed by atoms with van der Waals surface area (Å²) in [7, 11) is 0. The standard InChI is InChI=1S/C23H24ClN5/c1-4-18-6-5-11-29(18)23-19-10-9-17(25-3)13-20(19)22(27-28-23)26-14-16-8-7-15(2)21(24)12-16/h7-10,12-13,18H,4-6,11,14H2,1-2H3,(H,26,27). The Morgan fingerprint density at radius 3 is 2.83 bits per heavy atom. The molecule has 6 heteroatoms. The quantitative estimate of drug-likeness (QED) is 0.518. The van der Waals surface area contributed by atoms with Crippen molar-refractivity contribution in [3.63, 3.8) is 0 Å². The fraction of sp³-hybridized carbons (Fsp3) is 0.348. The summed E-state index contributed by atoms with van der Waals surface area (Å²) in [6.45, 7) is 13.2. The van der Waals surface area contributed by atoms with Gasteiger partial charge in [0, 0.05) is 34.9 Å². The van der Waals surface area contributed by atoms with Gasteiger partial charge in [-0.05, 0) is 49.4 Å². The zero-order valence-electron chi connectivity index (χ0n) is 16.7. The molecule has 2 heterocycles. The molecule has 5 nitrogen and oxygen atoms in total. The number of halogens is 1. The summed E-state index contributed by atoms with van der Waals surface area (Å²) < 4.78 is 0. The molecular formula is C23H24ClN5. The van der Waals surface area contributed by atoms with Crippen LogP contribution in [-0.2, 0) is 6.54 Å². The first-order chi connectivity index (χ1) is 14.1. The zero-order chi connectivity index (χ0) is 20.4. The lowest BCUT2D eigenvalue weighted by Gasteiger charge is -2.26. The zero-order valence-corrected chi connectivity index (χ0v) is 17.5. The minimum atomic E-state index is 0.501. The molecule has 1 atom stereocenters. The van der Waals surface area contributed by atoms with E-state index in [9.17, 15) is 0 Å². The van der Waals surface area contributed by atoms with Crippen molar-refractivity contribution >= 4 is 39.7 Å². The van der Waals surface area contributed by atoms with E-state index in [2.05, 4.69) is 38.2 Å². The summed E-state index contributed by atoms with van der Waals surface area (Å²) >= 11 is 6.26. The van der Waals surface area contributed by atoms with E-state index < -0.39 is 0 Å². The molecule has 0 radical (unpaired) electrons. The van der Waals surface area contributed by atoms with Crippen molar-refractivity contribution < 1.29 is 0 Å². The van der Waals surface area contributed by atoms with Crippen molar-refractivity contribution in [3.05, 3.63) is 64.0 Å². The van der Waals surface area contributed by atoms with Crippen LogP contribution in [0.25, 0.3) is 15.6 Å². The maximum atomic E-state index is 7.40. The van der Waals surface area contributed by atoms with Crippen LogP contribution >= 0.6 is 11.6 Å². The van der Waals surface area contributed by atoms with Crippen molar-refractivity contribution in [2.45, 2.75) is 45.7 Å². The van der Waals surface area contributed by atoms with Crippen LogP contribution in [0.2, 0.25) is 5.02 Å². The topological polar surface area (TPSA) is 45.4 Å². The molecule has 0 saturated carbocycles. The Kier molecular flexibility index (Phi) is 5.55. The van der Waals surface area contributed by atoms with Gasteiger partial charge in [0.25, 0.3) is 0 Å². The second-order valence-corrected chi connectivity index (χ2v) is 7.96. The minimum absolute atomic E-state index is 0.501. The maximum absolute atomic E-state index is 7.40. The molecule has 1 aliphatic rings. The second kappa shape index (κ2) is 8.26. The number of anilines is 2. The maximum Gasteiger partial charge on any atom is 0.188 e. The molecule has 1 saturated heterocycles. The molecule has 1 aromatic heterocycles. The van der Waals surface area contributed by atoms with Gasteiger partial charge in [-0.25, -0.2) is 4.85 Å². The van der Waals surface area contributed by atoms with Crippen LogP contribution in [0.3, 0.4) is 0 Å². The molecule has 1 unspecified atom stereocenters. The van der Waals surface area contributed by atoms with Crippen molar-refractivity contribution in [2.75, 3.05) is 16.8 Å². The Morgan fingerprint density at radius 2 is 2.07 bits per heavy atom. The molecule has 3 aromatic rings. The van der Waals surface area contributed by atoms with Gasteiger partial charge in [-0.15, -0.1) is 10.2 Å². The molecule has 29 heavy (non-hydrogen) atoms. The van der Waals surface area contributed by atoms with Crippen LogP contribution in [0, 0.1) is 13.5 Å². The van der Waals surface area contributed by atoms with E-state index in [0.717, 1.165) is 45.7 Å². The summed E-state index contributed by atoms with van der Waals surface area (Å²) in [4.78, 5) is 5.97. The molecule has 0 amide bonds. The Morgan fingerprint density at radius 1 is 1.21 bits per heavy atom. The van der Waals surface area contributed by atoms with Gasteiger partial charge in [0.1, 0.15) is 0 Å². The number of aryl methyl sites for hydroxylation is 1. The predicted molar refractivity (Wildman–Crippen MR) is 120 cm³/mol. The first-order valence-electron chi connectivity index (χ1n) is 10.0. The molecular weight excluding hydrogens is 382 g/mol. The number of fused-ring (bicyclic) bond motifs is 1. The Bertz CT molecular complexity index is 1090. The van der Waals surface area contributed by atoms with Gasteiger partial charge in [0.05, 0.1) is 6.57 Å². The van der Waals surface area contributed by atoms with Crippen molar-refractivity contribution in [1.82, 2.24) is 10.2 Å². The third-order valence-electron chi connectivity index (χ3n) is 5.69. The molecule has 148 valence electrons. The highest BCUT2D eigenvalue weighted by Gasteiger charge is 2.26. The van der Waals surface area contributed by atoms with Gasteiger partial charge in [0.2, 0.25) is 0 Å². The smallest absolute Gasteiger partial charge is 0.188 e. The van der Waals surface area contributed by atoms with E-state index in [1.807, 2.05) is 37.3 Å². The van der Waals surface area contributed by atoms with Gasteiger partial charge in [-0.2, -0.15) is 0 Å². The van der Waals surface area contributed by atoms with E-state index in [1.54, 1.807) is 0 Å². The summed E-state index contributed by atoms with van der Waals surface area (Å²) in [5, 5.41) is 15.2. The summed E-state index contributed by atoms with van der Waals surface area (Å²) in [5.41, 5.74) is 2.74. The lowest BCUT2D eigenvalue weighted by Crippen LogP contribution is -2.29. The number of hydrogen-bond donors (Lipinski definition) is 1. The summed E-state index contributed by atoms with van der Waals surface area (Å²) in [6.07, 6.45) is 3.46. The number of benzene rings is 2. The number of rotatable bonds is 5. The molecule has 0 bridgehead atoms. The van der Waals surface area contributed by atoms with Gasteiger partial charge in [-0.3, -0.25) is 0 Å². The Balaban J connectivity index is 1.71. The van der Waals surface area contributed by atoms with Crippen LogP contribution in [0.4, 0.5) is 17.3 Å². The molecule has 1 N–H and O–H groups in total. The number of nitrogens with zero attached hydrogens (tertiary/aromatic N) is 4. The largest absolute Gasteiger partial charge is 0.364 e. The molecule has 4 rings (SSSR count). The summed E-state index contributed by atoms with van der Waals surface area (Å²) in [6, 6.07) is 12.3. The summed E-state index contributed by atoms with van der Waals surface area (Å²) in [5.74, 6) is 1.61. The SMILES string of the molecule is [C-]#[N+]c1ccc2c(N3CCCC3CC)nnc(NCc3ccc(C)c(Cl)c3)c2c1.